The molecule has 0 N–H and O–H groups in total. The summed E-state index contributed by atoms with van der Waals surface area (Å²) < 4.78 is 0. The van der Waals surface area contributed by atoms with Crippen LogP contribution in [0.3, 0.4) is 0 Å². The molecule has 0 aliphatic carbocycles. The lowest BCUT2D eigenvalue weighted by atomic mass is 10.3. The molecule has 0 atom stereocenters. The molecule has 0 fully saturated rings. The van der Waals surface area contributed by atoms with E-state index in [0.717, 1.165) is 18.7 Å². The van der Waals surface area contributed by atoms with E-state index in [1.807, 2.05) is 30.2 Å². The van der Waals surface area contributed by atoms with Gasteiger partial charge in [-0.15, -0.1) is 5.01 Å². The second-order valence-electron chi connectivity index (χ2n) is 2.76. The first kappa shape index (κ1) is 11.6. The van der Waals surface area contributed by atoms with Crippen molar-refractivity contribution in [2.75, 3.05) is 14.1 Å². The van der Waals surface area contributed by atoms with Crippen molar-refractivity contribution in [1.29, 1.82) is 0 Å². The highest BCUT2D eigenvalue weighted by atomic mass is 15.6. The van der Waals surface area contributed by atoms with E-state index in [2.05, 4.69) is 18.3 Å². The molecule has 13 heavy (non-hydrogen) atoms. The number of rotatable bonds is 5. The van der Waals surface area contributed by atoms with Gasteiger partial charge in [-0.05, 0) is 6.42 Å². The van der Waals surface area contributed by atoms with Crippen LogP contribution in [0.5, 0.6) is 0 Å². The van der Waals surface area contributed by atoms with Crippen molar-refractivity contribution >= 4 is 0 Å². The van der Waals surface area contributed by atoms with Crippen LogP contribution in [0.1, 0.15) is 19.8 Å². The van der Waals surface area contributed by atoms with Crippen molar-refractivity contribution in [3.05, 3.63) is 29.5 Å². The Morgan fingerprint density at radius 1 is 1.54 bits per heavy atom. The molecule has 0 aromatic rings. The number of unbranched alkanes of at least 4 members (excludes halogenated alkanes) is 1. The van der Waals surface area contributed by atoms with Crippen molar-refractivity contribution in [2.24, 2.45) is 0 Å². The maximum Gasteiger partial charge on any atom is 0.399 e. The first-order valence-electron chi connectivity index (χ1n) is 4.37. The largest absolute Gasteiger partial charge is 0.399 e. The number of allylic oxidation sites excluding steroid dienone is 1. The van der Waals surface area contributed by atoms with Gasteiger partial charge in [0.05, 0.1) is 0 Å². The minimum Gasteiger partial charge on any atom is -0.226 e. The summed E-state index contributed by atoms with van der Waals surface area (Å²) in [6.45, 7) is 11.0. The highest BCUT2D eigenvalue weighted by Crippen LogP contribution is 2.07. The Labute approximate surface area is 80.7 Å². The number of hydrogen-bond acceptors (Lipinski definition) is 2. The Hall–Kier alpha value is -1.43. The summed E-state index contributed by atoms with van der Waals surface area (Å²) >= 11 is 0. The molecule has 0 bridgehead atoms. The van der Waals surface area contributed by atoms with Crippen LogP contribution in [0.2, 0.25) is 0 Å². The van der Waals surface area contributed by atoms with Crippen LogP contribution < -0.4 is 0 Å². The molecule has 0 radical (unpaired) electrons. The van der Waals surface area contributed by atoms with E-state index >= 15 is 0 Å². The summed E-state index contributed by atoms with van der Waals surface area (Å²) in [4.78, 5) is 3.69. The van der Waals surface area contributed by atoms with E-state index < -0.39 is 0 Å². The van der Waals surface area contributed by atoms with Crippen molar-refractivity contribution in [3.63, 3.8) is 0 Å². The Morgan fingerprint density at radius 2 is 2.15 bits per heavy atom. The number of nitrogens with zero attached hydrogens (tertiary/aromatic N) is 3. The fourth-order valence-corrected chi connectivity index (χ4v) is 0.826. The highest BCUT2D eigenvalue weighted by Gasteiger charge is 2.15. The van der Waals surface area contributed by atoms with E-state index in [1.165, 1.54) is 0 Å². The van der Waals surface area contributed by atoms with Gasteiger partial charge in [0.25, 0.3) is 0 Å². The second-order valence-corrected chi connectivity index (χ2v) is 2.76. The van der Waals surface area contributed by atoms with Crippen LogP contribution in [0.25, 0.3) is 4.85 Å². The van der Waals surface area contributed by atoms with E-state index in [0.29, 0.717) is 0 Å². The van der Waals surface area contributed by atoms with E-state index in [1.54, 1.807) is 6.20 Å². The van der Waals surface area contributed by atoms with Crippen LogP contribution in [0.4, 0.5) is 0 Å². The average Bonchev–Trinajstić information content (AvgIpc) is 2.17. The van der Waals surface area contributed by atoms with Gasteiger partial charge in [0, 0.05) is 19.3 Å². The summed E-state index contributed by atoms with van der Waals surface area (Å²) in [5.74, 6) is 0.754. The van der Waals surface area contributed by atoms with Gasteiger partial charge in [0.2, 0.25) is 0 Å². The van der Waals surface area contributed by atoms with Crippen LogP contribution in [-0.2, 0) is 0 Å². The molecular formula is C10H18N3+. The smallest absolute Gasteiger partial charge is 0.226 e. The molecule has 3 nitrogen and oxygen atoms in total. The Balaban J connectivity index is 4.41. The normalized spacial score (nSPS) is 10.5. The quantitative estimate of drug-likeness (QED) is 0.602. The van der Waals surface area contributed by atoms with Crippen LogP contribution >= 0.6 is 0 Å². The van der Waals surface area contributed by atoms with Gasteiger partial charge in [-0.1, -0.05) is 19.9 Å². The number of hydrogen-bond donors (Lipinski definition) is 0. The third kappa shape index (κ3) is 3.66. The number of hydrazine groups is 1. The molecule has 0 rings (SSSR count). The van der Waals surface area contributed by atoms with Crippen molar-refractivity contribution in [1.82, 2.24) is 10.0 Å². The van der Waals surface area contributed by atoms with Crippen molar-refractivity contribution in [2.45, 2.75) is 19.8 Å². The Morgan fingerprint density at radius 3 is 2.54 bits per heavy atom. The predicted molar refractivity (Wildman–Crippen MR) is 57.0 cm³/mol. The van der Waals surface area contributed by atoms with Crippen LogP contribution in [0.15, 0.2) is 24.7 Å². The first-order chi connectivity index (χ1) is 6.17. The lowest BCUT2D eigenvalue weighted by molar-refractivity contribution is 0.131. The van der Waals surface area contributed by atoms with E-state index in [9.17, 15) is 0 Å². The average molecular weight is 180 g/mol. The monoisotopic (exact) mass is 180 g/mol. The molecular weight excluding hydrogens is 162 g/mol. The summed E-state index contributed by atoms with van der Waals surface area (Å²) in [5.41, 5.74) is 0. The van der Waals surface area contributed by atoms with Gasteiger partial charge in [-0.2, -0.15) is 4.85 Å². The van der Waals surface area contributed by atoms with Gasteiger partial charge in [0.15, 0.2) is 0 Å². The lowest BCUT2D eigenvalue weighted by Crippen LogP contribution is -2.30. The van der Waals surface area contributed by atoms with Gasteiger partial charge in [-0.25, -0.2) is 5.01 Å². The maximum absolute atomic E-state index is 5.26. The molecule has 0 aliphatic rings. The van der Waals surface area contributed by atoms with E-state index in [-0.39, 0.29) is 0 Å². The Kier molecular flexibility index (Phi) is 5.45. The molecule has 0 aliphatic heterocycles. The third-order valence-corrected chi connectivity index (χ3v) is 1.82. The zero-order chi connectivity index (χ0) is 10.3. The molecule has 0 aromatic heterocycles. The highest BCUT2D eigenvalue weighted by molar-refractivity contribution is 5.09. The summed E-state index contributed by atoms with van der Waals surface area (Å²) in [7, 11) is 3.78. The van der Waals surface area contributed by atoms with Gasteiger partial charge < -0.3 is 0 Å². The van der Waals surface area contributed by atoms with Gasteiger partial charge >= 0.3 is 5.82 Å². The Bertz CT molecular complexity index is 225. The zero-order valence-electron chi connectivity index (χ0n) is 8.70. The molecule has 0 unspecified atom stereocenters. The fourth-order valence-electron chi connectivity index (χ4n) is 0.826. The lowest BCUT2D eigenvalue weighted by Gasteiger charge is -2.17. The maximum atomic E-state index is 5.26. The molecule has 0 saturated heterocycles. The van der Waals surface area contributed by atoms with Crippen LogP contribution in [0, 0.1) is 6.57 Å². The van der Waals surface area contributed by atoms with Crippen molar-refractivity contribution < 1.29 is 0 Å². The molecule has 72 valence electrons. The molecule has 3 heteroatoms. The second kappa shape index (κ2) is 6.13. The summed E-state index contributed by atoms with van der Waals surface area (Å²) in [5, 5.41) is 3.65. The molecule has 0 saturated carbocycles. The minimum absolute atomic E-state index is 0.754. The SMILES string of the molecule is C#[N+]/C(=C\CCC)N(C)N(C)C=C. The van der Waals surface area contributed by atoms with Crippen LogP contribution in [-0.4, -0.2) is 24.1 Å². The summed E-state index contributed by atoms with van der Waals surface area (Å²) in [6, 6.07) is 0. The topological polar surface area (TPSA) is 10.8 Å². The van der Waals surface area contributed by atoms with Crippen molar-refractivity contribution in [3.8, 4) is 6.57 Å². The standard InChI is InChI=1S/C10H18N3/c1-6-8-9-10(11-3)13(5)12(4)7-2/h3,7,9H,2,6,8H2,1,4-5H3/q+1/b10-9+. The van der Waals surface area contributed by atoms with Gasteiger partial charge in [0.1, 0.15) is 13.6 Å². The third-order valence-electron chi connectivity index (χ3n) is 1.82. The van der Waals surface area contributed by atoms with E-state index in [4.69, 9.17) is 6.57 Å². The molecule has 0 heterocycles. The predicted octanol–water partition coefficient (Wildman–Crippen LogP) is 2.51. The van der Waals surface area contributed by atoms with Gasteiger partial charge in [-0.3, -0.25) is 0 Å². The first-order valence-corrected chi connectivity index (χ1v) is 4.37. The zero-order valence-corrected chi connectivity index (χ0v) is 8.70. The fraction of sp³-hybridized carbons (Fsp3) is 0.500. The molecule has 0 amide bonds. The summed E-state index contributed by atoms with van der Waals surface area (Å²) in [6.07, 6.45) is 5.76. The minimum atomic E-state index is 0.754. The molecule has 0 aromatic carbocycles. The molecule has 0 spiro atoms.